The number of hydrogen-bond acceptors (Lipinski definition) is 0. The summed E-state index contributed by atoms with van der Waals surface area (Å²) in [5.41, 5.74) is 2.88. The van der Waals surface area contributed by atoms with E-state index in [1.54, 1.807) is 0 Å². The van der Waals surface area contributed by atoms with Crippen LogP contribution in [0.2, 0.25) is 0 Å². The number of rotatable bonds is 2. The maximum absolute atomic E-state index is 3.72. The van der Waals surface area contributed by atoms with E-state index in [4.69, 9.17) is 0 Å². The Hall–Kier alpha value is -0.690. The summed E-state index contributed by atoms with van der Waals surface area (Å²) in [4.78, 5) is 0. The Morgan fingerprint density at radius 1 is 0.765 bits per heavy atom. The van der Waals surface area contributed by atoms with Crippen molar-refractivity contribution in [1.82, 2.24) is 0 Å². The molecule has 0 aromatic rings. The van der Waals surface area contributed by atoms with Crippen LogP contribution in [0.25, 0.3) is 0 Å². The van der Waals surface area contributed by atoms with Crippen molar-refractivity contribution >= 4 is 13.5 Å². The minimum Gasteiger partial charge on any atom is -0.197 e. The molecule has 0 aromatic carbocycles. The van der Waals surface area contributed by atoms with E-state index in [2.05, 4.69) is 25.3 Å². The van der Waals surface area contributed by atoms with Crippen LogP contribution in [0.5, 0.6) is 0 Å². The third-order valence-electron chi connectivity index (χ3n) is 3.18. The average molecular weight is 250 g/mol. The normalized spacial score (nSPS) is 18.6. The van der Waals surface area contributed by atoms with Crippen molar-refractivity contribution in [3.8, 4) is 0 Å². The van der Waals surface area contributed by atoms with Gasteiger partial charge in [0.2, 0.25) is 0 Å². The Labute approximate surface area is 114 Å². The zero-order valence-corrected chi connectivity index (χ0v) is 11.9. The minimum absolute atomic E-state index is 0. The Balaban J connectivity index is 0.000000284. The summed E-state index contributed by atoms with van der Waals surface area (Å²) < 4.78 is 0. The molecule has 0 saturated heterocycles. The van der Waals surface area contributed by atoms with Crippen LogP contribution < -0.4 is 0 Å². The van der Waals surface area contributed by atoms with Gasteiger partial charge in [0.25, 0.3) is 0 Å². The fourth-order valence-corrected chi connectivity index (χ4v) is 2.10. The van der Waals surface area contributed by atoms with Gasteiger partial charge in [0.1, 0.15) is 0 Å². The van der Waals surface area contributed by atoms with Crippen molar-refractivity contribution in [2.75, 3.05) is 0 Å². The molecule has 17 heavy (non-hydrogen) atoms. The second-order valence-electron chi connectivity index (χ2n) is 4.46. The quantitative estimate of drug-likeness (QED) is 0.610. The summed E-state index contributed by atoms with van der Waals surface area (Å²) in [7, 11) is 0. The molecule has 0 N–H and O–H groups in total. The molecule has 2 aliphatic rings. The van der Waals surface area contributed by atoms with E-state index < -0.39 is 0 Å². The minimum atomic E-state index is 0. The zero-order chi connectivity index (χ0) is 11.6. The Morgan fingerprint density at radius 3 is 1.35 bits per heavy atom. The van der Waals surface area contributed by atoms with Crippen molar-refractivity contribution < 1.29 is 0 Å². The Bertz CT molecular complexity index is 254. The van der Waals surface area contributed by atoms with Gasteiger partial charge in [-0.1, -0.05) is 48.6 Å². The standard InChI is InChI=1S/2C8H12.H2S/c2*1-2-8-6-4-3-5-7-8;/h2*2,6H,1,3-5,7H2;1H2. The van der Waals surface area contributed by atoms with Crippen LogP contribution in [-0.4, -0.2) is 0 Å². The van der Waals surface area contributed by atoms with Gasteiger partial charge in [-0.05, 0) is 51.4 Å². The lowest BCUT2D eigenvalue weighted by Gasteiger charge is -2.06. The molecule has 0 unspecified atom stereocenters. The summed E-state index contributed by atoms with van der Waals surface area (Å²) in [6, 6.07) is 0. The molecular weight excluding hydrogens is 224 g/mol. The lowest BCUT2D eigenvalue weighted by Crippen LogP contribution is -1.86. The molecule has 0 radical (unpaired) electrons. The lowest BCUT2D eigenvalue weighted by atomic mass is 10.0. The lowest BCUT2D eigenvalue weighted by molar-refractivity contribution is 0.712. The van der Waals surface area contributed by atoms with Gasteiger partial charge < -0.3 is 0 Å². The highest BCUT2D eigenvalue weighted by atomic mass is 32.1. The van der Waals surface area contributed by atoms with Gasteiger partial charge in [-0.15, -0.1) is 0 Å². The van der Waals surface area contributed by atoms with Gasteiger partial charge in [-0.3, -0.25) is 0 Å². The average Bonchev–Trinajstić information content (AvgIpc) is 2.41. The smallest absolute Gasteiger partial charge is 0.0282 e. The molecule has 0 atom stereocenters. The predicted molar refractivity (Wildman–Crippen MR) is 83.9 cm³/mol. The first-order chi connectivity index (χ1) is 7.86. The summed E-state index contributed by atoms with van der Waals surface area (Å²) in [5.74, 6) is 0. The highest BCUT2D eigenvalue weighted by molar-refractivity contribution is 7.59. The summed E-state index contributed by atoms with van der Waals surface area (Å²) >= 11 is 0. The predicted octanol–water partition coefficient (Wildman–Crippen LogP) is 5.46. The van der Waals surface area contributed by atoms with E-state index in [-0.39, 0.29) is 13.5 Å². The number of allylic oxidation sites excluding steroid dienone is 6. The van der Waals surface area contributed by atoms with E-state index in [1.165, 1.54) is 62.5 Å². The third-order valence-corrected chi connectivity index (χ3v) is 3.18. The first-order valence-corrected chi connectivity index (χ1v) is 6.49. The van der Waals surface area contributed by atoms with Crippen molar-refractivity contribution in [3.63, 3.8) is 0 Å². The van der Waals surface area contributed by atoms with Crippen LogP contribution in [0.4, 0.5) is 0 Å². The van der Waals surface area contributed by atoms with E-state index in [1.807, 2.05) is 12.2 Å². The summed E-state index contributed by atoms with van der Waals surface area (Å²) in [6.45, 7) is 7.43. The molecule has 0 heterocycles. The molecule has 1 heteroatoms. The monoisotopic (exact) mass is 250 g/mol. The topological polar surface area (TPSA) is 0 Å². The first kappa shape index (κ1) is 16.3. The molecule has 0 nitrogen and oxygen atoms in total. The van der Waals surface area contributed by atoms with E-state index in [0.29, 0.717) is 0 Å². The van der Waals surface area contributed by atoms with Crippen LogP contribution >= 0.6 is 13.5 Å². The molecule has 2 rings (SSSR count). The molecule has 2 aliphatic carbocycles. The SMILES string of the molecule is C=CC1=CCCCC1.C=CC1=CCCCC1.S. The second-order valence-corrected chi connectivity index (χ2v) is 4.46. The second kappa shape index (κ2) is 10.5. The Kier molecular flexibility index (Phi) is 10.0. The van der Waals surface area contributed by atoms with Gasteiger partial charge in [-0.2, -0.15) is 13.5 Å². The molecule has 0 aliphatic heterocycles. The van der Waals surface area contributed by atoms with Crippen LogP contribution in [0.15, 0.2) is 48.6 Å². The van der Waals surface area contributed by atoms with Gasteiger partial charge in [0.15, 0.2) is 0 Å². The molecule has 0 bridgehead atoms. The van der Waals surface area contributed by atoms with Crippen LogP contribution in [0, 0.1) is 0 Å². The van der Waals surface area contributed by atoms with Crippen LogP contribution in [0.1, 0.15) is 51.4 Å². The van der Waals surface area contributed by atoms with Crippen molar-refractivity contribution in [1.29, 1.82) is 0 Å². The van der Waals surface area contributed by atoms with Gasteiger partial charge in [-0.25, -0.2) is 0 Å². The zero-order valence-electron chi connectivity index (χ0n) is 10.9. The molecule has 96 valence electrons. The molecule has 0 fully saturated rings. The largest absolute Gasteiger partial charge is 0.197 e. The van der Waals surface area contributed by atoms with E-state index in [9.17, 15) is 0 Å². The maximum Gasteiger partial charge on any atom is -0.0282 e. The van der Waals surface area contributed by atoms with Crippen molar-refractivity contribution in [3.05, 3.63) is 48.6 Å². The van der Waals surface area contributed by atoms with Crippen LogP contribution in [-0.2, 0) is 0 Å². The number of hydrogen-bond donors (Lipinski definition) is 0. The van der Waals surface area contributed by atoms with Gasteiger partial charge >= 0.3 is 0 Å². The highest BCUT2D eigenvalue weighted by Crippen LogP contribution is 2.17. The molecule has 0 saturated carbocycles. The fourth-order valence-electron chi connectivity index (χ4n) is 2.10. The Morgan fingerprint density at radius 2 is 1.18 bits per heavy atom. The fraction of sp³-hybridized carbons (Fsp3) is 0.500. The van der Waals surface area contributed by atoms with Crippen molar-refractivity contribution in [2.45, 2.75) is 51.4 Å². The summed E-state index contributed by atoms with van der Waals surface area (Å²) in [5, 5.41) is 0. The molecule has 0 spiro atoms. The van der Waals surface area contributed by atoms with Gasteiger partial charge in [0.05, 0.1) is 0 Å². The molecular formula is C16H26S. The first-order valence-electron chi connectivity index (χ1n) is 6.49. The third kappa shape index (κ3) is 7.27. The van der Waals surface area contributed by atoms with Crippen molar-refractivity contribution in [2.24, 2.45) is 0 Å². The van der Waals surface area contributed by atoms with Crippen LogP contribution in [0.3, 0.4) is 0 Å². The maximum atomic E-state index is 3.72. The highest BCUT2D eigenvalue weighted by Gasteiger charge is 1.97. The molecule has 0 aromatic heterocycles. The van der Waals surface area contributed by atoms with Gasteiger partial charge in [0, 0.05) is 0 Å². The van der Waals surface area contributed by atoms with E-state index >= 15 is 0 Å². The molecule has 0 amide bonds. The van der Waals surface area contributed by atoms with E-state index in [0.717, 1.165) is 0 Å². The summed E-state index contributed by atoms with van der Waals surface area (Å²) in [6.07, 6.45) is 19.0.